The van der Waals surface area contributed by atoms with Gasteiger partial charge >= 0.3 is 8.45 Å². The first-order valence-electron chi connectivity index (χ1n) is 9.42. The van der Waals surface area contributed by atoms with Gasteiger partial charge in [0.25, 0.3) is 8.60 Å². The minimum absolute atomic E-state index is 0.118. The minimum Gasteiger partial charge on any atom is -0.458 e. The third kappa shape index (κ3) is 7.99. The molecule has 3 rings (SSSR count). The number of hydrogen-bond acceptors (Lipinski definition) is 6. The molecule has 0 saturated carbocycles. The second-order valence-electron chi connectivity index (χ2n) is 5.85. The molecular formula is C21H23N2O4P3. The molecule has 2 atom stereocenters. The first-order valence-corrected chi connectivity index (χ1v) is 12.2. The summed E-state index contributed by atoms with van der Waals surface area (Å²) < 4.78 is 24.0. The molecule has 0 bridgehead atoms. The van der Waals surface area contributed by atoms with E-state index in [1.54, 1.807) is 4.60 Å². The Hall–Kier alpha value is -2.06. The predicted octanol–water partition coefficient (Wildman–Crippen LogP) is 7.65. The van der Waals surface area contributed by atoms with E-state index in [0.717, 1.165) is 17.9 Å². The van der Waals surface area contributed by atoms with Crippen LogP contribution in [0.4, 0.5) is 0 Å². The quantitative estimate of drug-likeness (QED) is 0.205. The van der Waals surface area contributed by atoms with Crippen LogP contribution >= 0.6 is 26.0 Å². The monoisotopic (exact) mass is 460 g/mol. The molecule has 0 aliphatic rings. The van der Waals surface area contributed by atoms with Crippen LogP contribution in [0.1, 0.15) is 13.3 Å². The first kappa shape index (κ1) is 22.6. The highest BCUT2D eigenvalue weighted by Gasteiger charge is 2.25. The number of hydrogen-bond donors (Lipinski definition) is 0. The van der Waals surface area contributed by atoms with Gasteiger partial charge in [0.1, 0.15) is 17.2 Å². The maximum atomic E-state index is 6.14. The van der Waals surface area contributed by atoms with Gasteiger partial charge < -0.3 is 13.6 Å². The van der Waals surface area contributed by atoms with Crippen LogP contribution in [0.2, 0.25) is 0 Å². The lowest BCUT2D eigenvalue weighted by Crippen LogP contribution is -2.13. The van der Waals surface area contributed by atoms with Crippen molar-refractivity contribution >= 4 is 26.0 Å². The van der Waals surface area contributed by atoms with E-state index in [9.17, 15) is 0 Å². The molecule has 0 fully saturated rings. The van der Waals surface area contributed by atoms with Crippen molar-refractivity contribution in [2.45, 2.75) is 13.3 Å². The Morgan fingerprint density at radius 1 is 0.833 bits per heavy atom. The topological polar surface area (TPSA) is 52.5 Å². The molecular weight excluding hydrogens is 437 g/mol. The SMILES string of the molecule is CCCON(POc1ccccc1)P(N=POc1ccccc1)Oc1ccccc1. The summed E-state index contributed by atoms with van der Waals surface area (Å²) in [5, 5.41) is 0. The van der Waals surface area contributed by atoms with Gasteiger partial charge in [-0.25, -0.2) is 0 Å². The third-order valence-corrected chi connectivity index (χ3v) is 6.86. The van der Waals surface area contributed by atoms with Crippen molar-refractivity contribution in [1.29, 1.82) is 0 Å². The van der Waals surface area contributed by atoms with Gasteiger partial charge in [-0.05, 0) is 42.8 Å². The lowest BCUT2D eigenvalue weighted by molar-refractivity contribution is -0.0162. The number of nitrogens with zero attached hydrogens (tertiary/aromatic N) is 2. The van der Waals surface area contributed by atoms with Crippen molar-refractivity contribution in [2.75, 3.05) is 6.61 Å². The van der Waals surface area contributed by atoms with Crippen LogP contribution in [0.15, 0.2) is 95.5 Å². The molecule has 156 valence electrons. The summed E-state index contributed by atoms with van der Waals surface area (Å²) in [6.07, 6.45) is 0.860. The minimum atomic E-state index is -1.52. The molecule has 0 heterocycles. The van der Waals surface area contributed by atoms with Gasteiger partial charge in [0, 0.05) is 0 Å². The van der Waals surface area contributed by atoms with Crippen molar-refractivity contribution < 1.29 is 18.4 Å². The van der Waals surface area contributed by atoms with Gasteiger partial charge in [0.05, 0.1) is 6.61 Å². The van der Waals surface area contributed by atoms with Crippen molar-refractivity contribution in [3.8, 4) is 17.2 Å². The molecule has 0 aliphatic heterocycles. The van der Waals surface area contributed by atoms with Crippen LogP contribution in [0.3, 0.4) is 0 Å². The molecule has 0 N–H and O–H groups in total. The summed E-state index contributed by atoms with van der Waals surface area (Å²) in [5.74, 6) is 2.20. The number of para-hydroxylation sites is 3. The Balaban J connectivity index is 1.73. The maximum Gasteiger partial charge on any atom is 0.337 e. The highest BCUT2D eigenvalue weighted by molar-refractivity contribution is 7.60. The van der Waals surface area contributed by atoms with Crippen molar-refractivity contribution in [3.63, 3.8) is 0 Å². The molecule has 6 nitrogen and oxygen atoms in total. The highest BCUT2D eigenvalue weighted by atomic mass is 31.2. The molecule has 0 amide bonds. The van der Waals surface area contributed by atoms with Crippen LogP contribution in [-0.4, -0.2) is 11.2 Å². The summed E-state index contributed by atoms with van der Waals surface area (Å²) >= 11 is 0. The Morgan fingerprint density at radius 2 is 1.40 bits per heavy atom. The second-order valence-corrected chi connectivity index (χ2v) is 9.13. The van der Waals surface area contributed by atoms with Gasteiger partial charge in [-0.15, -0.1) is 4.52 Å². The molecule has 9 heteroatoms. The van der Waals surface area contributed by atoms with Crippen LogP contribution in [0.5, 0.6) is 17.2 Å². The zero-order chi connectivity index (χ0) is 20.9. The Bertz CT molecular complexity index is 873. The van der Waals surface area contributed by atoms with Crippen LogP contribution in [0.25, 0.3) is 0 Å². The van der Waals surface area contributed by atoms with E-state index in [-0.39, 0.29) is 8.96 Å². The van der Waals surface area contributed by atoms with Crippen molar-refractivity contribution in [3.05, 3.63) is 91.0 Å². The lowest BCUT2D eigenvalue weighted by atomic mass is 10.3. The molecule has 0 radical (unpaired) electrons. The van der Waals surface area contributed by atoms with E-state index in [1.165, 1.54) is 0 Å². The molecule has 0 spiro atoms. The summed E-state index contributed by atoms with van der Waals surface area (Å²) in [6.45, 7) is 2.58. The Labute approximate surface area is 181 Å². The molecule has 3 aromatic rings. The molecule has 0 aromatic heterocycles. The number of rotatable bonds is 12. The fourth-order valence-electron chi connectivity index (χ4n) is 2.11. The van der Waals surface area contributed by atoms with Crippen LogP contribution < -0.4 is 13.6 Å². The third-order valence-electron chi connectivity index (χ3n) is 3.49. The van der Waals surface area contributed by atoms with E-state index >= 15 is 0 Å². The fraction of sp³-hybridized carbons (Fsp3) is 0.143. The zero-order valence-electron chi connectivity index (χ0n) is 16.5. The summed E-state index contributed by atoms with van der Waals surface area (Å²) in [6, 6.07) is 28.7. The Morgan fingerprint density at radius 3 is 2.00 bits per heavy atom. The molecule has 2 unspecified atom stereocenters. The van der Waals surface area contributed by atoms with E-state index in [1.807, 2.05) is 97.9 Å². The van der Waals surface area contributed by atoms with Gasteiger partial charge in [-0.2, -0.15) is 0 Å². The molecule has 0 saturated heterocycles. The van der Waals surface area contributed by atoms with Gasteiger partial charge in [0.15, 0.2) is 8.96 Å². The maximum absolute atomic E-state index is 6.14. The molecule has 0 aliphatic carbocycles. The summed E-state index contributed by atoms with van der Waals surface area (Å²) in [4.78, 5) is 5.92. The first-order chi connectivity index (χ1) is 14.8. The zero-order valence-corrected chi connectivity index (χ0v) is 19.3. The van der Waals surface area contributed by atoms with Gasteiger partial charge in [-0.1, -0.05) is 66.1 Å². The average Bonchev–Trinajstić information content (AvgIpc) is 2.81. The predicted molar refractivity (Wildman–Crippen MR) is 124 cm³/mol. The van der Waals surface area contributed by atoms with E-state index in [0.29, 0.717) is 21.0 Å². The molecule has 30 heavy (non-hydrogen) atoms. The highest BCUT2D eigenvalue weighted by Crippen LogP contribution is 2.52. The van der Waals surface area contributed by atoms with E-state index in [4.69, 9.17) is 18.4 Å². The van der Waals surface area contributed by atoms with Gasteiger partial charge in [-0.3, -0.25) is 4.84 Å². The fourth-order valence-corrected chi connectivity index (χ4v) is 5.08. The Kier molecular flexibility index (Phi) is 10.0. The average molecular weight is 460 g/mol. The van der Waals surface area contributed by atoms with Crippen molar-refractivity contribution in [1.82, 2.24) is 4.60 Å². The van der Waals surface area contributed by atoms with E-state index in [2.05, 4.69) is 4.52 Å². The normalized spacial score (nSPS) is 12.5. The van der Waals surface area contributed by atoms with Crippen LogP contribution in [0, 0.1) is 0 Å². The second kappa shape index (κ2) is 13.3. The summed E-state index contributed by atoms with van der Waals surface area (Å²) in [5.41, 5.74) is 0. The van der Waals surface area contributed by atoms with Crippen molar-refractivity contribution in [2.24, 2.45) is 4.52 Å². The van der Waals surface area contributed by atoms with Crippen LogP contribution in [-0.2, 0) is 4.84 Å². The van der Waals surface area contributed by atoms with E-state index < -0.39 is 8.45 Å². The number of benzene rings is 3. The lowest BCUT2D eigenvalue weighted by Gasteiger charge is -2.24. The standard InChI is InChI=1S/C21H23N2O4P3/c1-2-18-24-23(29-26-20-14-8-4-9-15-20)30(27-21-16-10-5-11-17-21)22-28-25-19-12-6-3-7-13-19/h3-17,29H,2,18H2,1H3. The smallest absolute Gasteiger partial charge is 0.337 e. The largest absolute Gasteiger partial charge is 0.458 e. The van der Waals surface area contributed by atoms with Gasteiger partial charge in [0.2, 0.25) is 0 Å². The summed E-state index contributed by atoms with van der Waals surface area (Å²) in [7, 11) is -1.22. The molecule has 3 aromatic carbocycles.